The topological polar surface area (TPSA) is 111 Å². The number of thiazole rings is 1. The van der Waals surface area contributed by atoms with Crippen LogP contribution in [-0.4, -0.2) is 55.8 Å². The van der Waals surface area contributed by atoms with Gasteiger partial charge >= 0.3 is 6.09 Å². The van der Waals surface area contributed by atoms with E-state index in [1.165, 1.54) is 24.2 Å². The van der Waals surface area contributed by atoms with E-state index in [9.17, 15) is 9.59 Å². The highest BCUT2D eigenvalue weighted by atomic mass is 32.1. The fourth-order valence-corrected chi connectivity index (χ4v) is 7.52. The molecule has 240 valence electrons. The second kappa shape index (κ2) is 11.8. The summed E-state index contributed by atoms with van der Waals surface area (Å²) in [6.07, 6.45) is 4.00. The summed E-state index contributed by atoms with van der Waals surface area (Å²) in [5.41, 5.74) is 5.90. The van der Waals surface area contributed by atoms with Crippen molar-refractivity contribution in [2.45, 2.75) is 70.1 Å². The van der Waals surface area contributed by atoms with Crippen molar-refractivity contribution in [3.63, 3.8) is 0 Å². The van der Waals surface area contributed by atoms with Crippen LogP contribution in [-0.2, 0) is 29.3 Å². The second-order valence-corrected chi connectivity index (χ2v) is 14.4. The van der Waals surface area contributed by atoms with Gasteiger partial charge in [0.05, 0.1) is 16.7 Å². The van der Waals surface area contributed by atoms with E-state index < -0.39 is 11.6 Å². The number of hydrogen-bond acceptors (Lipinski definition) is 8. The molecule has 1 N–H and O–H groups in total. The normalized spacial score (nSPS) is 21.6. The smallest absolute Gasteiger partial charge is 0.408 e. The monoisotopic (exact) mass is 640 g/mol. The average molecular weight is 641 g/mol. The molecule has 4 heterocycles. The first-order chi connectivity index (χ1) is 22.1. The van der Waals surface area contributed by atoms with Crippen molar-refractivity contribution in [1.29, 1.82) is 0 Å². The number of alkyl carbamates (subject to hydrolysis) is 1. The molecular weight excluding hydrogens is 600 g/mol. The predicted molar refractivity (Wildman–Crippen MR) is 174 cm³/mol. The van der Waals surface area contributed by atoms with Crippen LogP contribution in [0.5, 0.6) is 5.88 Å². The summed E-state index contributed by atoms with van der Waals surface area (Å²) in [6.45, 7) is 7.70. The summed E-state index contributed by atoms with van der Waals surface area (Å²) in [6, 6.07) is 15.5. The number of nitrogens with zero attached hydrogens (tertiary/aromatic N) is 5. The Balaban J connectivity index is 1.04. The molecular formula is C35H40N6O4S. The fraction of sp³-hybridized carbons (Fsp3) is 0.457. The number of ether oxygens (including phenoxy) is 2. The summed E-state index contributed by atoms with van der Waals surface area (Å²) < 4.78 is 13.8. The molecule has 0 radical (unpaired) electrons. The molecule has 11 heteroatoms. The van der Waals surface area contributed by atoms with Gasteiger partial charge in [-0.05, 0) is 49.9 Å². The summed E-state index contributed by atoms with van der Waals surface area (Å²) in [5, 5.41) is 9.50. The number of piperidine rings is 1. The first-order valence-corrected chi connectivity index (χ1v) is 16.9. The van der Waals surface area contributed by atoms with Gasteiger partial charge in [-0.1, -0.05) is 50.1 Å². The Kier molecular flexibility index (Phi) is 7.83. The fourth-order valence-electron chi connectivity index (χ4n) is 6.98. The van der Waals surface area contributed by atoms with Crippen LogP contribution in [0.1, 0.15) is 73.8 Å². The maximum absolute atomic E-state index is 13.4. The molecule has 3 fully saturated rings. The Morgan fingerprint density at radius 3 is 2.50 bits per heavy atom. The van der Waals surface area contributed by atoms with E-state index in [0.717, 1.165) is 35.4 Å². The number of amides is 2. The van der Waals surface area contributed by atoms with Crippen molar-refractivity contribution in [1.82, 2.24) is 30.0 Å². The van der Waals surface area contributed by atoms with E-state index in [-0.39, 0.29) is 35.9 Å². The zero-order valence-electron chi connectivity index (χ0n) is 26.7. The summed E-state index contributed by atoms with van der Waals surface area (Å²) in [5.74, 6) is 1.06. The Morgan fingerprint density at radius 1 is 1.07 bits per heavy atom. The second-order valence-electron chi connectivity index (χ2n) is 13.7. The van der Waals surface area contributed by atoms with Gasteiger partial charge in [0.2, 0.25) is 5.88 Å². The van der Waals surface area contributed by atoms with Crippen LogP contribution in [0.3, 0.4) is 0 Å². The molecule has 7 rings (SSSR count). The largest absolute Gasteiger partial charge is 0.474 e. The van der Waals surface area contributed by atoms with Crippen LogP contribution in [0.15, 0.2) is 59.4 Å². The van der Waals surface area contributed by atoms with Crippen LogP contribution < -0.4 is 10.1 Å². The number of hydrogen-bond donors (Lipinski definition) is 1. The quantitative estimate of drug-likeness (QED) is 0.236. The highest BCUT2D eigenvalue weighted by Crippen LogP contribution is 2.49. The van der Waals surface area contributed by atoms with Crippen LogP contribution in [0.4, 0.5) is 4.79 Å². The number of pyridine rings is 1. The Labute approximate surface area is 273 Å². The van der Waals surface area contributed by atoms with E-state index in [4.69, 9.17) is 14.5 Å². The van der Waals surface area contributed by atoms with E-state index in [1.54, 1.807) is 17.2 Å². The average Bonchev–Trinajstić information content (AvgIpc) is 3.69. The molecule has 1 saturated heterocycles. The molecule has 3 aromatic heterocycles. The maximum atomic E-state index is 13.4. The number of nitrogens with one attached hydrogen (secondary N) is 1. The number of carbonyl (C=O) groups excluding carboxylic acids is 2. The molecule has 1 aromatic carbocycles. The Hall–Kier alpha value is -4.25. The lowest BCUT2D eigenvalue weighted by Gasteiger charge is -2.30. The highest BCUT2D eigenvalue weighted by Gasteiger charge is 2.59. The first kappa shape index (κ1) is 30.4. The van der Waals surface area contributed by atoms with Gasteiger partial charge < -0.3 is 19.7 Å². The molecule has 3 atom stereocenters. The predicted octanol–water partition coefficient (Wildman–Crippen LogP) is 6.08. The highest BCUT2D eigenvalue weighted by molar-refractivity contribution is 7.07. The SMILES string of the molecule is Cn1nc(-c2cscn2)cc1C(=O)N1C[C@@H]2C(Oc3cc(C(C)(C)NC(=O)OCc4ccccc4)cc(C4(C)CCCC4)n3)[C@@H]2C1. The Morgan fingerprint density at radius 2 is 1.80 bits per heavy atom. The minimum atomic E-state index is -0.721. The van der Waals surface area contributed by atoms with Crippen molar-refractivity contribution in [3.8, 4) is 17.3 Å². The number of aryl methyl sites for hydroxylation is 1. The van der Waals surface area contributed by atoms with Gasteiger partial charge in [0.25, 0.3) is 5.91 Å². The lowest BCUT2D eigenvalue weighted by atomic mass is 9.82. The molecule has 10 nitrogen and oxygen atoms in total. The molecule has 46 heavy (non-hydrogen) atoms. The maximum Gasteiger partial charge on any atom is 0.408 e. The molecule has 1 unspecified atom stereocenters. The number of likely N-dealkylation sites (tertiary alicyclic amines) is 1. The molecule has 2 aliphatic carbocycles. The molecule has 0 bridgehead atoms. The van der Waals surface area contributed by atoms with Gasteiger partial charge in [-0.2, -0.15) is 5.10 Å². The van der Waals surface area contributed by atoms with Gasteiger partial charge in [-0.15, -0.1) is 11.3 Å². The Bertz CT molecular complexity index is 1720. The molecule has 2 saturated carbocycles. The lowest BCUT2D eigenvalue weighted by Crippen LogP contribution is -2.41. The van der Waals surface area contributed by atoms with Crippen LogP contribution in [0.25, 0.3) is 11.4 Å². The number of rotatable bonds is 9. The van der Waals surface area contributed by atoms with Crippen molar-refractivity contribution >= 4 is 23.3 Å². The molecule has 0 spiro atoms. The number of aromatic nitrogens is 4. The standard InChI is InChI=1S/C35H40N6O4S/c1-34(2,38-33(43)44-19-22-10-6-5-7-11-22)23-14-29(35(3)12-8-9-13-35)37-30(15-23)45-31-24-17-41(18-25(24)31)32(42)28-16-26(39-40(28)4)27-20-46-21-36-27/h5-7,10-11,14-16,20-21,24-25,31H,8-9,12-13,17-19H2,1-4H3,(H,38,43)/t24-,25+,31?. The summed E-state index contributed by atoms with van der Waals surface area (Å²) >= 11 is 1.50. The molecule has 4 aromatic rings. The lowest BCUT2D eigenvalue weighted by molar-refractivity contribution is 0.0740. The first-order valence-electron chi connectivity index (χ1n) is 16.0. The molecule has 2 amide bonds. The van der Waals surface area contributed by atoms with Gasteiger partial charge in [-0.25, -0.2) is 14.8 Å². The van der Waals surface area contributed by atoms with E-state index in [1.807, 2.05) is 66.6 Å². The zero-order valence-corrected chi connectivity index (χ0v) is 27.5. The van der Waals surface area contributed by atoms with Crippen molar-refractivity contribution < 1.29 is 19.1 Å². The van der Waals surface area contributed by atoms with Gasteiger partial charge in [0.1, 0.15) is 29.8 Å². The zero-order chi connectivity index (χ0) is 32.1. The van der Waals surface area contributed by atoms with Crippen molar-refractivity contribution in [2.75, 3.05) is 13.1 Å². The van der Waals surface area contributed by atoms with Crippen molar-refractivity contribution in [2.24, 2.45) is 18.9 Å². The van der Waals surface area contributed by atoms with Crippen molar-refractivity contribution in [3.05, 3.63) is 81.9 Å². The third-order valence-corrected chi connectivity index (χ3v) is 10.5. The minimum absolute atomic E-state index is 0.0000443. The van der Waals surface area contributed by atoms with Crippen LogP contribution >= 0.6 is 11.3 Å². The van der Waals surface area contributed by atoms with Gasteiger partial charge in [-0.3, -0.25) is 9.48 Å². The van der Waals surface area contributed by atoms with E-state index in [2.05, 4.69) is 28.4 Å². The van der Waals surface area contributed by atoms with E-state index >= 15 is 0 Å². The number of fused-ring (bicyclic) bond motifs is 1. The third kappa shape index (κ3) is 6.00. The summed E-state index contributed by atoms with van der Waals surface area (Å²) in [7, 11) is 1.80. The van der Waals surface area contributed by atoms with Crippen LogP contribution in [0.2, 0.25) is 0 Å². The number of benzene rings is 1. The van der Waals surface area contributed by atoms with Gasteiger partial charge in [0, 0.05) is 48.8 Å². The minimum Gasteiger partial charge on any atom is -0.474 e. The molecule has 3 aliphatic rings. The molecule has 1 aliphatic heterocycles. The van der Waals surface area contributed by atoms with E-state index in [0.29, 0.717) is 30.4 Å². The summed E-state index contributed by atoms with van der Waals surface area (Å²) in [4.78, 5) is 37.6. The van der Waals surface area contributed by atoms with Crippen LogP contribution in [0, 0.1) is 11.8 Å². The number of carbonyl (C=O) groups is 2. The van der Waals surface area contributed by atoms with Gasteiger partial charge in [0.15, 0.2) is 0 Å². The third-order valence-electron chi connectivity index (χ3n) is 9.93.